The molecule has 7 heteroatoms. The van der Waals surface area contributed by atoms with E-state index in [0.29, 0.717) is 16.3 Å². The number of hydrogen-bond acceptors (Lipinski definition) is 1. The first kappa shape index (κ1) is 18.9. The summed E-state index contributed by atoms with van der Waals surface area (Å²) >= 11 is 11.9. The molecule has 0 atom stereocenters. The molecule has 0 bridgehead atoms. The van der Waals surface area contributed by atoms with Crippen molar-refractivity contribution >= 4 is 34.1 Å². The van der Waals surface area contributed by atoms with E-state index < -0.39 is 11.7 Å². The van der Waals surface area contributed by atoms with E-state index in [0.717, 1.165) is 29.1 Å². The van der Waals surface area contributed by atoms with Gasteiger partial charge in [0.15, 0.2) is 0 Å². The van der Waals surface area contributed by atoms with Crippen molar-refractivity contribution in [2.24, 2.45) is 0 Å². The van der Waals surface area contributed by atoms with Gasteiger partial charge in [0.05, 0.1) is 28.2 Å². The zero-order valence-electron chi connectivity index (χ0n) is 14.1. The van der Waals surface area contributed by atoms with Crippen LogP contribution in [0.1, 0.15) is 23.7 Å². The van der Waals surface area contributed by atoms with Gasteiger partial charge in [-0.25, -0.2) is 0 Å². The normalized spacial score (nSPS) is 12.0. The molecule has 0 aliphatic carbocycles. The molecule has 0 radical (unpaired) electrons. The van der Waals surface area contributed by atoms with Gasteiger partial charge >= 0.3 is 6.18 Å². The average Bonchev–Trinajstić information content (AvgIpc) is 2.91. The van der Waals surface area contributed by atoms with Crippen molar-refractivity contribution in [1.82, 2.24) is 4.57 Å². The van der Waals surface area contributed by atoms with E-state index in [4.69, 9.17) is 27.9 Å². The molecule has 2 nitrogen and oxygen atoms in total. The van der Waals surface area contributed by atoms with Crippen LogP contribution in [-0.2, 0) is 19.1 Å². The van der Waals surface area contributed by atoms with Crippen LogP contribution >= 0.6 is 23.2 Å². The summed E-state index contributed by atoms with van der Waals surface area (Å²) in [6, 6.07) is 9.58. The van der Waals surface area contributed by atoms with Gasteiger partial charge in [0.25, 0.3) is 0 Å². The van der Waals surface area contributed by atoms with Crippen molar-refractivity contribution < 1.29 is 17.9 Å². The van der Waals surface area contributed by atoms with Crippen LogP contribution in [0.4, 0.5) is 13.2 Å². The molecule has 0 amide bonds. The average molecular weight is 402 g/mol. The topological polar surface area (TPSA) is 14.2 Å². The van der Waals surface area contributed by atoms with Crippen molar-refractivity contribution in [3.63, 3.8) is 0 Å². The molecular weight excluding hydrogens is 386 g/mol. The van der Waals surface area contributed by atoms with Crippen LogP contribution in [0.5, 0.6) is 5.75 Å². The highest BCUT2D eigenvalue weighted by Crippen LogP contribution is 2.36. The number of hydrogen-bond donors (Lipinski definition) is 0. The van der Waals surface area contributed by atoms with Gasteiger partial charge in [0.2, 0.25) is 0 Å². The second-order valence-corrected chi connectivity index (χ2v) is 6.75. The highest BCUT2D eigenvalue weighted by molar-refractivity contribution is 6.32. The van der Waals surface area contributed by atoms with Crippen molar-refractivity contribution in [2.45, 2.75) is 26.1 Å². The lowest BCUT2D eigenvalue weighted by Gasteiger charge is -2.14. The Bertz CT molecular complexity index is 964. The maximum Gasteiger partial charge on any atom is 0.417 e. The quantitative estimate of drug-likeness (QED) is 0.481. The van der Waals surface area contributed by atoms with Crippen molar-refractivity contribution in [3.8, 4) is 5.75 Å². The molecule has 1 heterocycles. The fraction of sp³-hybridized carbons (Fsp3) is 0.263. The second-order valence-electron chi connectivity index (χ2n) is 5.93. The number of alkyl halides is 3. The third kappa shape index (κ3) is 3.51. The van der Waals surface area contributed by atoms with Crippen LogP contribution in [0.15, 0.2) is 36.4 Å². The lowest BCUT2D eigenvalue weighted by atomic mass is 10.1. The molecule has 0 unspecified atom stereocenters. The molecule has 3 rings (SSSR count). The summed E-state index contributed by atoms with van der Waals surface area (Å²) in [5.74, 6) is 0.560. The SMILES string of the molecule is CCc1cc2cc(OC)c(Cl)cc2n1Cc1ccc(Cl)c(C(F)(F)F)c1. The minimum absolute atomic E-state index is 0.287. The molecule has 0 N–H and O–H groups in total. The van der Waals surface area contributed by atoms with Gasteiger partial charge in [-0.1, -0.05) is 36.2 Å². The van der Waals surface area contributed by atoms with E-state index in [9.17, 15) is 13.2 Å². The number of aryl methyl sites for hydroxylation is 1. The van der Waals surface area contributed by atoms with Gasteiger partial charge in [-0.3, -0.25) is 0 Å². The number of halogens is 5. The first-order valence-electron chi connectivity index (χ1n) is 7.96. The molecule has 0 aliphatic heterocycles. The predicted molar refractivity (Wildman–Crippen MR) is 98.4 cm³/mol. The molecule has 0 spiro atoms. The number of fused-ring (bicyclic) bond motifs is 1. The number of nitrogens with zero attached hydrogens (tertiary/aromatic N) is 1. The molecule has 26 heavy (non-hydrogen) atoms. The number of aromatic nitrogens is 1. The smallest absolute Gasteiger partial charge is 0.417 e. The molecule has 2 aromatic carbocycles. The monoisotopic (exact) mass is 401 g/mol. The predicted octanol–water partition coefficient (Wildman–Crippen LogP) is 6.59. The van der Waals surface area contributed by atoms with E-state index >= 15 is 0 Å². The summed E-state index contributed by atoms with van der Waals surface area (Å²) < 4.78 is 46.6. The van der Waals surface area contributed by atoms with Crippen LogP contribution in [0.2, 0.25) is 10.0 Å². The van der Waals surface area contributed by atoms with E-state index in [1.165, 1.54) is 13.2 Å². The minimum Gasteiger partial charge on any atom is -0.495 e. The maximum atomic E-state index is 13.1. The van der Waals surface area contributed by atoms with Crippen LogP contribution in [0.25, 0.3) is 10.9 Å². The van der Waals surface area contributed by atoms with Crippen molar-refractivity contribution in [3.05, 3.63) is 63.3 Å². The summed E-state index contributed by atoms with van der Waals surface area (Å²) in [4.78, 5) is 0. The van der Waals surface area contributed by atoms with E-state index in [1.54, 1.807) is 12.1 Å². The van der Waals surface area contributed by atoms with Gasteiger partial charge in [-0.2, -0.15) is 13.2 Å². The molecule has 0 aliphatic rings. The van der Waals surface area contributed by atoms with E-state index in [2.05, 4.69) is 0 Å². The Morgan fingerprint density at radius 3 is 2.38 bits per heavy atom. The Morgan fingerprint density at radius 2 is 1.77 bits per heavy atom. The first-order valence-corrected chi connectivity index (χ1v) is 8.71. The van der Waals surface area contributed by atoms with Crippen molar-refractivity contribution in [1.29, 1.82) is 0 Å². The summed E-state index contributed by atoms with van der Waals surface area (Å²) in [6.07, 6.45) is -3.76. The molecule has 138 valence electrons. The highest BCUT2D eigenvalue weighted by Gasteiger charge is 2.33. The zero-order valence-corrected chi connectivity index (χ0v) is 15.6. The standard InChI is InChI=1S/C19H16Cl2F3NO/c1-3-13-7-12-8-18(26-2)16(21)9-17(12)25(13)10-11-4-5-15(20)14(6-11)19(22,23)24/h4-9H,3,10H2,1-2H3. The molecule has 0 saturated carbocycles. The first-order chi connectivity index (χ1) is 12.2. The molecule has 0 saturated heterocycles. The van der Waals surface area contributed by atoms with Crippen LogP contribution in [0.3, 0.4) is 0 Å². The van der Waals surface area contributed by atoms with Gasteiger partial charge in [0.1, 0.15) is 5.75 Å². The molecule has 1 aromatic heterocycles. The Balaban J connectivity index is 2.10. The third-order valence-electron chi connectivity index (χ3n) is 4.30. The van der Waals surface area contributed by atoms with E-state index in [1.807, 2.05) is 23.6 Å². The van der Waals surface area contributed by atoms with Gasteiger partial charge in [-0.15, -0.1) is 0 Å². The maximum absolute atomic E-state index is 13.1. The molecular formula is C19H16Cl2F3NO. The number of ether oxygens (including phenoxy) is 1. The number of benzene rings is 2. The minimum atomic E-state index is -4.49. The summed E-state index contributed by atoms with van der Waals surface area (Å²) in [6.45, 7) is 2.28. The van der Waals surface area contributed by atoms with Crippen LogP contribution < -0.4 is 4.74 Å². The second kappa shape index (κ2) is 7.05. The van der Waals surface area contributed by atoms with Crippen molar-refractivity contribution in [2.75, 3.05) is 7.11 Å². The Morgan fingerprint density at radius 1 is 1.04 bits per heavy atom. The molecule has 0 fully saturated rings. The fourth-order valence-corrected chi connectivity index (χ4v) is 3.49. The lowest BCUT2D eigenvalue weighted by Crippen LogP contribution is -2.09. The number of methoxy groups -OCH3 is 1. The zero-order chi connectivity index (χ0) is 19.1. The summed E-state index contributed by atoms with van der Waals surface area (Å²) in [5, 5.41) is 1.07. The molecule has 3 aromatic rings. The Labute approximate surface area is 159 Å². The van der Waals surface area contributed by atoms with E-state index in [-0.39, 0.29) is 11.6 Å². The van der Waals surface area contributed by atoms with Gasteiger partial charge in [-0.05, 0) is 42.3 Å². The Hall–Kier alpha value is -1.85. The lowest BCUT2D eigenvalue weighted by molar-refractivity contribution is -0.137. The summed E-state index contributed by atoms with van der Waals surface area (Å²) in [7, 11) is 1.54. The third-order valence-corrected chi connectivity index (χ3v) is 4.92. The van der Waals surface area contributed by atoms with Crippen LogP contribution in [-0.4, -0.2) is 11.7 Å². The van der Waals surface area contributed by atoms with Gasteiger partial charge in [0, 0.05) is 17.6 Å². The Kier molecular flexibility index (Phi) is 5.13. The highest BCUT2D eigenvalue weighted by atomic mass is 35.5. The fourth-order valence-electron chi connectivity index (χ4n) is 3.03. The van der Waals surface area contributed by atoms with Gasteiger partial charge < -0.3 is 9.30 Å². The summed E-state index contributed by atoms with van der Waals surface area (Å²) in [5.41, 5.74) is 1.52. The number of rotatable bonds is 4. The van der Waals surface area contributed by atoms with Crippen LogP contribution in [0, 0.1) is 0 Å². The largest absolute Gasteiger partial charge is 0.495 e.